The predicted octanol–water partition coefficient (Wildman–Crippen LogP) is 2.58. The van der Waals surface area contributed by atoms with Crippen LogP contribution in [0.1, 0.15) is 48.8 Å². The Morgan fingerprint density at radius 1 is 1.09 bits per heavy atom. The molecule has 3 heterocycles. The standard InChI is InChI=1S/C23H32N4O4S/c1-18(2)22-24-9-12-26(22)17-19-7-10-25(11-8-19)23(28)20-3-5-21(6-4-20)32(29,30)27-13-15-31-16-14-27/h3-6,9,12,18-19H,7-8,10-11,13-17H2,1-2H3. The van der Waals surface area contributed by atoms with Crippen molar-refractivity contribution >= 4 is 15.9 Å². The Hall–Kier alpha value is -2.23. The van der Waals surface area contributed by atoms with Crippen LogP contribution in [-0.2, 0) is 21.3 Å². The van der Waals surface area contributed by atoms with Gasteiger partial charge in [0.15, 0.2) is 0 Å². The van der Waals surface area contributed by atoms with E-state index in [0.717, 1.165) is 25.2 Å². The first-order valence-corrected chi connectivity index (χ1v) is 12.8. The number of likely N-dealkylation sites (tertiary alicyclic amines) is 1. The molecule has 0 radical (unpaired) electrons. The second kappa shape index (κ2) is 9.72. The van der Waals surface area contributed by atoms with Crippen molar-refractivity contribution < 1.29 is 17.9 Å². The SMILES string of the molecule is CC(C)c1nccn1CC1CCN(C(=O)c2ccc(S(=O)(=O)N3CCOCC3)cc2)CC1. The van der Waals surface area contributed by atoms with E-state index in [4.69, 9.17) is 4.74 Å². The molecule has 0 atom stereocenters. The Balaban J connectivity index is 1.34. The fraction of sp³-hybridized carbons (Fsp3) is 0.565. The highest BCUT2D eigenvalue weighted by Crippen LogP contribution is 2.24. The molecule has 0 bridgehead atoms. The number of rotatable bonds is 6. The molecule has 2 aromatic rings. The van der Waals surface area contributed by atoms with Crippen LogP contribution in [-0.4, -0.2) is 72.5 Å². The monoisotopic (exact) mass is 460 g/mol. The maximum absolute atomic E-state index is 13.0. The zero-order valence-corrected chi connectivity index (χ0v) is 19.6. The van der Waals surface area contributed by atoms with Gasteiger partial charge in [-0.15, -0.1) is 0 Å². The zero-order chi connectivity index (χ0) is 22.7. The number of benzene rings is 1. The Morgan fingerprint density at radius 2 is 1.75 bits per heavy atom. The van der Waals surface area contributed by atoms with E-state index < -0.39 is 10.0 Å². The molecule has 9 heteroatoms. The van der Waals surface area contributed by atoms with Crippen molar-refractivity contribution in [1.29, 1.82) is 0 Å². The molecule has 2 saturated heterocycles. The third-order valence-electron chi connectivity index (χ3n) is 6.33. The summed E-state index contributed by atoms with van der Waals surface area (Å²) in [6.07, 6.45) is 5.80. The maximum atomic E-state index is 13.0. The Bertz CT molecular complexity index is 1020. The summed E-state index contributed by atoms with van der Waals surface area (Å²) < 4.78 is 34.5. The molecule has 2 aliphatic heterocycles. The fourth-order valence-electron chi connectivity index (χ4n) is 4.46. The van der Waals surface area contributed by atoms with E-state index in [-0.39, 0.29) is 10.8 Å². The average Bonchev–Trinajstić information content (AvgIpc) is 3.28. The summed E-state index contributed by atoms with van der Waals surface area (Å²) in [5.74, 6) is 1.98. The molecular formula is C23H32N4O4S. The van der Waals surface area contributed by atoms with Gasteiger partial charge in [0.05, 0.1) is 18.1 Å². The number of carbonyl (C=O) groups is 1. The molecule has 0 unspecified atom stereocenters. The number of amides is 1. The molecule has 32 heavy (non-hydrogen) atoms. The van der Waals surface area contributed by atoms with Gasteiger partial charge >= 0.3 is 0 Å². The Labute approximate surface area is 190 Å². The number of aromatic nitrogens is 2. The maximum Gasteiger partial charge on any atom is 0.253 e. The van der Waals surface area contributed by atoms with Crippen LogP contribution < -0.4 is 0 Å². The van der Waals surface area contributed by atoms with Crippen molar-refractivity contribution in [3.05, 3.63) is 48.0 Å². The molecule has 0 saturated carbocycles. The van der Waals surface area contributed by atoms with Gasteiger partial charge in [-0.3, -0.25) is 4.79 Å². The van der Waals surface area contributed by atoms with Crippen LogP contribution >= 0.6 is 0 Å². The minimum Gasteiger partial charge on any atom is -0.379 e. The summed E-state index contributed by atoms with van der Waals surface area (Å²) in [7, 11) is -3.55. The van der Waals surface area contributed by atoms with Crippen LogP contribution in [0.25, 0.3) is 0 Å². The summed E-state index contributed by atoms with van der Waals surface area (Å²) in [4.78, 5) is 19.5. The number of nitrogens with zero attached hydrogens (tertiary/aromatic N) is 4. The van der Waals surface area contributed by atoms with Crippen LogP contribution in [0.15, 0.2) is 41.6 Å². The van der Waals surface area contributed by atoms with Crippen molar-refractivity contribution in [2.45, 2.75) is 44.0 Å². The Kier molecular flexibility index (Phi) is 6.97. The van der Waals surface area contributed by atoms with Crippen molar-refractivity contribution in [3.63, 3.8) is 0 Å². The lowest BCUT2D eigenvalue weighted by atomic mass is 9.96. The topological polar surface area (TPSA) is 84.7 Å². The highest BCUT2D eigenvalue weighted by Gasteiger charge is 2.28. The van der Waals surface area contributed by atoms with E-state index in [1.165, 1.54) is 16.4 Å². The molecule has 2 fully saturated rings. The molecule has 2 aliphatic rings. The minimum absolute atomic E-state index is 0.0377. The van der Waals surface area contributed by atoms with Gasteiger partial charge in [0.25, 0.3) is 5.91 Å². The van der Waals surface area contributed by atoms with Crippen LogP contribution in [0.4, 0.5) is 0 Å². The second-order valence-corrected chi connectivity index (χ2v) is 10.8. The molecule has 4 rings (SSSR count). The number of hydrogen-bond donors (Lipinski definition) is 0. The highest BCUT2D eigenvalue weighted by molar-refractivity contribution is 7.89. The van der Waals surface area contributed by atoms with E-state index in [9.17, 15) is 13.2 Å². The molecule has 0 N–H and O–H groups in total. The van der Waals surface area contributed by atoms with Crippen molar-refractivity contribution in [2.75, 3.05) is 39.4 Å². The molecule has 1 aromatic carbocycles. The van der Waals surface area contributed by atoms with E-state index in [1.807, 2.05) is 17.3 Å². The predicted molar refractivity (Wildman–Crippen MR) is 121 cm³/mol. The second-order valence-electron chi connectivity index (χ2n) is 8.87. The van der Waals surface area contributed by atoms with Crippen LogP contribution in [0.5, 0.6) is 0 Å². The van der Waals surface area contributed by atoms with Crippen molar-refractivity contribution in [1.82, 2.24) is 18.8 Å². The van der Waals surface area contributed by atoms with Gasteiger partial charge in [-0.25, -0.2) is 13.4 Å². The first-order chi connectivity index (χ1) is 15.4. The minimum atomic E-state index is -3.55. The van der Waals surface area contributed by atoms with Gasteiger partial charge < -0.3 is 14.2 Å². The lowest BCUT2D eigenvalue weighted by Crippen LogP contribution is -2.40. The van der Waals surface area contributed by atoms with E-state index in [1.54, 1.807) is 12.1 Å². The normalized spacial score (nSPS) is 18.9. The number of morpholine rings is 1. The first kappa shape index (κ1) is 22.9. The van der Waals surface area contributed by atoms with Crippen molar-refractivity contribution in [2.24, 2.45) is 5.92 Å². The largest absolute Gasteiger partial charge is 0.379 e. The molecule has 8 nitrogen and oxygen atoms in total. The molecule has 1 amide bonds. The third-order valence-corrected chi connectivity index (χ3v) is 8.24. The quantitative estimate of drug-likeness (QED) is 0.662. The number of hydrogen-bond acceptors (Lipinski definition) is 5. The number of carbonyl (C=O) groups excluding carboxylic acids is 1. The van der Waals surface area contributed by atoms with E-state index in [2.05, 4.69) is 23.4 Å². The lowest BCUT2D eigenvalue weighted by molar-refractivity contribution is 0.0682. The fourth-order valence-corrected chi connectivity index (χ4v) is 5.87. The summed E-state index contributed by atoms with van der Waals surface area (Å²) in [5.41, 5.74) is 0.529. The van der Waals surface area contributed by atoms with E-state index >= 15 is 0 Å². The number of sulfonamides is 1. The molecule has 0 aliphatic carbocycles. The Morgan fingerprint density at radius 3 is 2.38 bits per heavy atom. The summed E-state index contributed by atoms with van der Waals surface area (Å²) in [5, 5.41) is 0. The molecule has 1 aromatic heterocycles. The smallest absolute Gasteiger partial charge is 0.253 e. The molecular weight excluding hydrogens is 428 g/mol. The van der Waals surface area contributed by atoms with Crippen LogP contribution in [0.3, 0.4) is 0 Å². The summed E-state index contributed by atoms with van der Waals surface area (Å²) in [6.45, 7) is 8.19. The van der Waals surface area contributed by atoms with E-state index in [0.29, 0.717) is 56.8 Å². The molecule has 0 spiro atoms. The first-order valence-electron chi connectivity index (χ1n) is 11.3. The van der Waals surface area contributed by atoms with Crippen molar-refractivity contribution in [3.8, 4) is 0 Å². The van der Waals surface area contributed by atoms with Gasteiger partial charge in [-0.1, -0.05) is 13.8 Å². The lowest BCUT2D eigenvalue weighted by Gasteiger charge is -2.32. The molecule has 174 valence electrons. The zero-order valence-electron chi connectivity index (χ0n) is 18.8. The summed E-state index contributed by atoms with van der Waals surface area (Å²) >= 11 is 0. The van der Waals surface area contributed by atoms with Gasteiger partial charge in [0.1, 0.15) is 5.82 Å². The van der Waals surface area contributed by atoms with Crippen LogP contribution in [0.2, 0.25) is 0 Å². The number of ether oxygens (including phenoxy) is 1. The summed E-state index contributed by atoms with van der Waals surface area (Å²) in [6, 6.07) is 6.33. The van der Waals surface area contributed by atoms with Gasteiger partial charge in [0, 0.05) is 56.6 Å². The highest BCUT2D eigenvalue weighted by atomic mass is 32.2. The number of imidazole rings is 1. The third kappa shape index (κ3) is 4.89. The average molecular weight is 461 g/mol. The number of piperidine rings is 1. The van der Waals surface area contributed by atoms with Gasteiger partial charge in [-0.05, 0) is 43.0 Å². The van der Waals surface area contributed by atoms with Gasteiger partial charge in [0.2, 0.25) is 10.0 Å². The van der Waals surface area contributed by atoms with Crippen LogP contribution in [0, 0.1) is 5.92 Å². The van der Waals surface area contributed by atoms with Gasteiger partial charge in [-0.2, -0.15) is 4.31 Å².